The van der Waals surface area contributed by atoms with Crippen LogP contribution in [0.15, 0.2) is 52.2 Å². The van der Waals surface area contributed by atoms with Crippen molar-refractivity contribution in [2.24, 2.45) is 0 Å². The molecule has 0 unspecified atom stereocenters. The number of ether oxygens (including phenoxy) is 3. The number of amides is 1. The number of carbonyl (C=O) groups excluding carboxylic acids is 1. The van der Waals surface area contributed by atoms with Gasteiger partial charge in [-0.2, -0.15) is 0 Å². The van der Waals surface area contributed by atoms with E-state index in [1.807, 2.05) is 6.07 Å². The molecule has 0 aliphatic carbocycles. The average Bonchev–Trinajstić information content (AvgIpc) is 3.14. The van der Waals surface area contributed by atoms with E-state index < -0.39 is 41.6 Å². The molecule has 0 radical (unpaired) electrons. The van der Waals surface area contributed by atoms with Crippen molar-refractivity contribution in [3.8, 4) is 0 Å². The number of rotatable bonds is 4. The molecule has 2 saturated heterocycles. The van der Waals surface area contributed by atoms with Crippen LogP contribution in [0.1, 0.15) is 30.4 Å². The number of H-pyrrole nitrogens is 1. The Kier molecular flexibility index (Phi) is 4.66. The lowest BCUT2D eigenvalue weighted by atomic mass is 10.1. The van der Waals surface area contributed by atoms with Crippen molar-refractivity contribution < 1.29 is 19.0 Å². The fourth-order valence-corrected chi connectivity index (χ4v) is 3.56. The van der Waals surface area contributed by atoms with Crippen molar-refractivity contribution in [1.29, 1.82) is 0 Å². The first-order valence-electron chi connectivity index (χ1n) is 9.00. The van der Waals surface area contributed by atoms with Gasteiger partial charge in [0, 0.05) is 24.4 Å². The standard InChI is InChI=1S/C19H21N3O6/c1-19(2)27-14-12(10-20-16(24)11-6-4-3-5-7-11)26-17(15(14)28-19)22-9-8-13(23)21-18(22)25/h3-9,12,14-15,17H,10H2,1-2H3,(H,20,24)(H,21,23,25)/t12-,14-,15-,17-/m1/s1. The number of carbonyl (C=O) groups is 1. The molecule has 2 aliphatic rings. The van der Waals surface area contributed by atoms with Gasteiger partial charge in [0.15, 0.2) is 12.0 Å². The molecule has 4 atom stereocenters. The van der Waals surface area contributed by atoms with Crippen LogP contribution >= 0.6 is 0 Å². The summed E-state index contributed by atoms with van der Waals surface area (Å²) in [5.41, 5.74) is -0.556. The first-order valence-corrected chi connectivity index (χ1v) is 9.00. The summed E-state index contributed by atoms with van der Waals surface area (Å²) in [6.45, 7) is 3.73. The van der Waals surface area contributed by atoms with Gasteiger partial charge in [-0.05, 0) is 26.0 Å². The van der Waals surface area contributed by atoms with Crippen LogP contribution in [0, 0.1) is 0 Å². The summed E-state index contributed by atoms with van der Waals surface area (Å²) in [4.78, 5) is 38.1. The van der Waals surface area contributed by atoms with E-state index in [1.54, 1.807) is 38.1 Å². The summed E-state index contributed by atoms with van der Waals surface area (Å²) in [6.07, 6.45) is -0.979. The van der Waals surface area contributed by atoms with Crippen LogP contribution in [0.2, 0.25) is 0 Å². The molecule has 0 spiro atoms. The summed E-state index contributed by atoms with van der Waals surface area (Å²) >= 11 is 0. The lowest BCUT2D eigenvalue weighted by Gasteiger charge is -2.25. The molecule has 28 heavy (non-hydrogen) atoms. The van der Waals surface area contributed by atoms with E-state index in [0.717, 1.165) is 0 Å². The highest BCUT2D eigenvalue weighted by Crippen LogP contribution is 2.42. The van der Waals surface area contributed by atoms with Gasteiger partial charge in [-0.1, -0.05) is 18.2 Å². The largest absolute Gasteiger partial charge is 0.349 e. The molecule has 0 bridgehead atoms. The second kappa shape index (κ2) is 7.01. The Bertz CT molecular complexity index is 983. The predicted molar refractivity (Wildman–Crippen MR) is 97.8 cm³/mol. The molecular formula is C19H21N3O6. The maximum Gasteiger partial charge on any atom is 0.330 e. The van der Waals surface area contributed by atoms with Gasteiger partial charge in [0.2, 0.25) is 0 Å². The Hall–Kier alpha value is -2.75. The molecular weight excluding hydrogens is 366 g/mol. The normalized spacial score (nSPS) is 28.1. The Morgan fingerprint density at radius 3 is 2.57 bits per heavy atom. The molecule has 1 amide bonds. The first kappa shape index (κ1) is 18.6. The van der Waals surface area contributed by atoms with Crippen LogP contribution in [0.3, 0.4) is 0 Å². The van der Waals surface area contributed by atoms with Crippen LogP contribution in [-0.4, -0.2) is 46.1 Å². The van der Waals surface area contributed by atoms with Crippen molar-refractivity contribution in [2.75, 3.05) is 6.54 Å². The van der Waals surface area contributed by atoms with Crippen molar-refractivity contribution in [3.63, 3.8) is 0 Å². The minimum absolute atomic E-state index is 0.183. The first-order chi connectivity index (χ1) is 13.3. The van der Waals surface area contributed by atoms with Gasteiger partial charge >= 0.3 is 5.69 Å². The molecule has 1 aromatic carbocycles. The predicted octanol–water partition coefficient (Wildman–Crippen LogP) is 0.384. The van der Waals surface area contributed by atoms with E-state index in [0.29, 0.717) is 5.56 Å². The molecule has 148 valence electrons. The lowest BCUT2D eigenvalue weighted by molar-refractivity contribution is -0.196. The van der Waals surface area contributed by atoms with Crippen LogP contribution in [0.5, 0.6) is 0 Å². The molecule has 2 aliphatic heterocycles. The van der Waals surface area contributed by atoms with E-state index >= 15 is 0 Å². The van der Waals surface area contributed by atoms with Crippen LogP contribution in [0.4, 0.5) is 0 Å². The Morgan fingerprint density at radius 2 is 1.86 bits per heavy atom. The third kappa shape index (κ3) is 3.51. The second-order valence-electron chi connectivity index (χ2n) is 7.22. The van der Waals surface area contributed by atoms with Gasteiger partial charge < -0.3 is 19.5 Å². The molecule has 2 N–H and O–H groups in total. The molecule has 1 aromatic heterocycles. The fourth-order valence-electron chi connectivity index (χ4n) is 3.56. The minimum atomic E-state index is -0.856. The van der Waals surface area contributed by atoms with Crippen LogP contribution in [-0.2, 0) is 14.2 Å². The maximum atomic E-state index is 12.3. The van der Waals surface area contributed by atoms with Crippen molar-refractivity contribution in [1.82, 2.24) is 14.9 Å². The number of fused-ring (bicyclic) bond motifs is 1. The summed E-state index contributed by atoms with van der Waals surface area (Å²) in [5.74, 6) is -1.09. The highest BCUT2D eigenvalue weighted by Gasteiger charge is 2.56. The molecule has 0 saturated carbocycles. The summed E-state index contributed by atoms with van der Waals surface area (Å²) in [5, 5.41) is 2.83. The van der Waals surface area contributed by atoms with Crippen molar-refractivity contribution >= 4 is 5.91 Å². The van der Waals surface area contributed by atoms with Crippen molar-refractivity contribution in [3.05, 3.63) is 69.0 Å². The zero-order valence-electron chi connectivity index (χ0n) is 15.5. The SMILES string of the molecule is CC1(C)O[C@@H]2[C@H](O1)[C@@H](CNC(=O)c1ccccc1)O[C@H]2n1ccc(=O)[nH]c1=O. The highest BCUT2D eigenvalue weighted by molar-refractivity contribution is 5.94. The van der Waals surface area contributed by atoms with E-state index in [2.05, 4.69) is 10.3 Å². The Balaban J connectivity index is 1.54. The zero-order valence-corrected chi connectivity index (χ0v) is 15.5. The average molecular weight is 387 g/mol. The number of hydrogen-bond donors (Lipinski definition) is 2. The number of hydrogen-bond acceptors (Lipinski definition) is 6. The highest BCUT2D eigenvalue weighted by atomic mass is 16.8. The van der Waals surface area contributed by atoms with E-state index in [1.165, 1.54) is 16.8 Å². The molecule has 4 rings (SSSR count). The lowest BCUT2D eigenvalue weighted by Crippen LogP contribution is -2.39. The maximum absolute atomic E-state index is 12.3. The number of aromatic amines is 1. The summed E-state index contributed by atoms with van der Waals surface area (Å²) < 4.78 is 19.1. The van der Waals surface area contributed by atoms with Crippen LogP contribution in [0.25, 0.3) is 0 Å². The smallest absolute Gasteiger partial charge is 0.330 e. The Morgan fingerprint density at radius 1 is 1.14 bits per heavy atom. The third-order valence-corrected chi connectivity index (χ3v) is 4.75. The van der Waals surface area contributed by atoms with Crippen molar-refractivity contribution in [2.45, 2.75) is 44.2 Å². The van der Waals surface area contributed by atoms with Gasteiger partial charge in [0.1, 0.15) is 18.3 Å². The quantitative estimate of drug-likeness (QED) is 0.785. The number of benzene rings is 1. The number of nitrogens with zero attached hydrogens (tertiary/aromatic N) is 1. The molecule has 3 heterocycles. The molecule has 2 fully saturated rings. The molecule has 9 heteroatoms. The summed E-state index contributed by atoms with van der Waals surface area (Å²) in [7, 11) is 0. The van der Waals surface area contributed by atoms with E-state index in [-0.39, 0.29) is 12.5 Å². The third-order valence-electron chi connectivity index (χ3n) is 4.75. The van der Waals surface area contributed by atoms with E-state index in [4.69, 9.17) is 14.2 Å². The number of aromatic nitrogens is 2. The second-order valence-corrected chi connectivity index (χ2v) is 7.22. The van der Waals surface area contributed by atoms with Crippen LogP contribution < -0.4 is 16.6 Å². The van der Waals surface area contributed by atoms with E-state index in [9.17, 15) is 14.4 Å². The van der Waals surface area contributed by atoms with Gasteiger partial charge in [0.25, 0.3) is 11.5 Å². The molecule has 9 nitrogen and oxygen atoms in total. The minimum Gasteiger partial charge on any atom is -0.349 e. The number of nitrogens with one attached hydrogen (secondary N) is 2. The van der Waals surface area contributed by atoms with Gasteiger partial charge in [0.05, 0.1) is 0 Å². The monoisotopic (exact) mass is 387 g/mol. The topological polar surface area (TPSA) is 112 Å². The summed E-state index contributed by atoms with van der Waals surface area (Å²) in [6, 6.07) is 10.1. The molecule has 2 aromatic rings. The van der Waals surface area contributed by atoms with Gasteiger partial charge in [-0.25, -0.2) is 4.79 Å². The van der Waals surface area contributed by atoms with Gasteiger partial charge in [-0.3, -0.25) is 19.1 Å². The fraction of sp³-hybridized carbons (Fsp3) is 0.421. The zero-order chi connectivity index (χ0) is 19.9. The van der Waals surface area contributed by atoms with Gasteiger partial charge in [-0.15, -0.1) is 0 Å². The Labute approximate surface area is 160 Å².